The average molecular weight is 270 g/mol. The quantitative estimate of drug-likeness (QED) is 0.931. The number of hydrogen-bond donors (Lipinski definition) is 1. The minimum absolute atomic E-state index is 0.171. The first-order valence-electron chi connectivity index (χ1n) is 5.69. The molecule has 1 heterocycles. The lowest BCUT2D eigenvalue weighted by Crippen LogP contribution is -2.09. The van der Waals surface area contributed by atoms with E-state index in [1.165, 1.54) is 12.1 Å². The van der Waals surface area contributed by atoms with Crippen molar-refractivity contribution in [1.82, 2.24) is 9.55 Å². The lowest BCUT2D eigenvalue weighted by molar-refractivity contribution is -0.137. The highest BCUT2D eigenvalue weighted by Gasteiger charge is 2.30. The van der Waals surface area contributed by atoms with Gasteiger partial charge in [0.1, 0.15) is 5.82 Å². The van der Waals surface area contributed by atoms with Crippen LogP contribution in [0.3, 0.4) is 0 Å². The Balaban J connectivity index is 2.20. The van der Waals surface area contributed by atoms with Gasteiger partial charge in [0, 0.05) is 25.9 Å². The van der Waals surface area contributed by atoms with Gasteiger partial charge in [-0.15, -0.1) is 0 Å². The molecule has 0 spiro atoms. The molecule has 0 saturated carbocycles. The highest BCUT2D eigenvalue weighted by atomic mass is 19.4. The molecule has 0 aliphatic rings. The third-order valence-corrected chi connectivity index (χ3v) is 2.90. The number of nitrogens with zero attached hydrogens (tertiary/aromatic N) is 2. The molecule has 1 unspecified atom stereocenters. The molecule has 19 heavy (non-hydrogen) atoms. The Morgan fingerprint density at radius 1 is 1.37 bits per heavy atom. The summed E-state index contributed by atoms with van der Waals surface area (Å²) < 4.78 is 39.4. The third-order valence-electron chi connectivity index (χ3n) is 2.90. The number of alkyl halides is 3. The van der Waals surface area contributed by atoms with Gasteiger partial charge in [-0.05, 0) is 17.7 Å². The van der Waals surface area contributed by atoms with Crippen LogP contribution in [-0.2, 0) is 19.6 Å². The van der Waals surface area contributed by atoms with Crippen molar-refractivity contribution in [2.24, 2.45) is 7.05 Å². The molecule has 2 aromatic rings. The van der Waals surface area contributed by atoms with Gasteiger partial charge in [-0.1, -0.05) is 12.1 Å². The monoisotopic (exact) mass is 270 g/mol. The SMILES string of the molecule is Cn1ccnc1CC(O)c1cccc(C(F)(F)F)c1. The van der Waals surface area contributed by atoms with Gasteiger partial charge in [0.15, 0.2) is 0 Å². The van der Waals surface area contributed by atoms with E-state index < -0.39 is 17.8 Å². The van der Waals surface area contributed by atoms with E-state index in [-0.39, 0.29) is 12.0 Å². The zero-order valence-electron chi connectivity index (χ0n) is 10.2. The second-order valence-electron chi connectivity index (χ2n) is 4.30. The number of aromatic nitrogens is 2. The molecule has 0 aliphatic carbocycles. The van der Waals surface area contributed by atoms with Crippen molar-refractivity contribution in [3.63, 3.8) is 0 Å². The van der Waals surface area contributed by atoms with E-state index in [1.54, 1.807) is 24.0 Å². The van der Waals surface area contributed by atoms with Gasteiger partial charge >= 0.3 is 6.18 Å². The molecule has 6 heteroatoms. The summed E-state index contributed by atoms with van der Waals surface area (Å²) in [5, 5.41) is 9.99. The number of rotatable bonds is 3. The molecular weight excluding hydrogens is 257 g/mol. The van der Waals surface area contributed by atoms with E-state index in [9.17, 15) is 18.3 Å². The van der Waals surface area contributed by atoms with Gasteiger partial charge in [0.2, 0.25) is 0 Å². The molecule has 0 saturated heterocycles. The third kappa shape index (κ3) is 3.14. The standard InChI is InChI=1S/C13H13F3N2O/c1-18-6-5-17-12(18)8-11(19)9-3-2-4-10(7-9)13(14,15)16/h2-7,11,19H,8H2,1H3. The molecule has 102 valence electrons. The van der Waals surface area contributed by atoms with Crippen LogP contribution in [0.2, 0.25) is 0 Å². The van der Waals surface area contributed by atoms with E-state index in [4.69, 9.17) is 0 Å². The zero-order valence-corrected chi connectivity index (χ0v) is 10.2. The summed E-state index contributed by atoms with van der Waals surface area (Å²) in [4.78, 5) is 4.03. The predicted octanol–water partition coefficient (Wildman–Crippen LogP) is 2.72. The lowest BCUT2D eigenvalue weighted by atomic mass is 10.0. The van der Waals surface area contributed by atoms with Crippen LogP contribution >= 0.6 is 0 Å². The van der Waals surface area contributed by atoms with Crippen molar-refractivity contribution in [2.75, 3.05) is 0 Å². The second-order valence-corrected chi connectivity index (χ2v) is 4.30. The first-order valence-corrected chi connectivity index (χ1v) is 5.69. The average Bonchev–Trinajstić information content (AvgIpc) is 2.74. The van der Waals surface area contributed by atoms with E-state index in [2.05, 4.69) is 4.98 Å². The molecule has 0 bridgehead atoms. The Morgan fingerprint density at radius 2 is 2.11 bits per heavy atom. The molecule has 1 atom stereocenters. The van der Waals surface area contributed by atoms with Gasteiger partial charge < -0.3 is 9.67 Å². The van der Waals surface area contributed by atoms with Crippen LogP contribution in [0.25, 0.3) is 0 Å². The van der Waals surface area contributed by atoms with Crippen LogP contribution in [-0.4, -0.2) is 14.7 Å². The van der Waals surface area contributed by atoms with Crippen molar-refractivity contribution in [1.29, 1.82) is 0 Å². The predicted molar refractivity (Wildman–Crippen MR) is 63.3 cm³/mol. The molecule has 0 amide bonds. The molecule has 1 aromatic carbocycles. The maximum atomic E-state index is 12.6. The number of benzene rings is 1. The van der Waals surface area contributed by atoms with Crippen molar-refractivity contribution in [2.45, 2.75) is 18.7 Å². The fourth-order valence-electron chi connectivity index (χ4n) is 1.81. The minimum Gasteiger partial charge on any atom is -0.388 e. The molecule has 3 nitrogen and oxygen atoms in total. The number of hydrogen-bond acceptors (Lipinski definition) is 2. The van der Waals surface area contributed by atoms with Crippen LogP contribution in [0.15, 0.2) is 36.7 Å². The number of aliphatic hydroxyl groups is 1. The van der Waals surface area contributed by atoms with E-state index in [0.717, 1.165) is 12.1 Å². The van der Waals surface area contributed by atoms with Crippen LogP contribution in [0.1, 0.15) is 23.1 Å². The van der Waals surface area contributed by atoms with Gasteiger partial charge in [0.25, 0.3) is 0 Å². The molecule has 0 fully saturated rings. The summed E-state index contributed by atoms with van der Waals surface area (Å²) in [6.07, 6.45) is -1.95. The summed E-state index contributed by atoms with van der Waals surface area (Å²) in [7, 11) is 1.77. The molecular formula is C13H13F3N2O. The summed E-state index contributed by atoms with van der Waals surface area (Å²) in [5.74, 6) is 0.616. The fourth-order valence-corrected chi connectivity index (χ4v) is 1.81. The summed E-state index contributed by atoms with van der Waals surface area (Å²) in [6.45, 7) is 0. The highest BCUT2D eigenvalue weighted by Crippen LogP contribution is 2.31. The lowest BCUT2D eigenvalue weighted by Gasteiger charge is -2.13. The first-order chi connectivity index (χ1) is 8.88. The smallest absolute Gasteiger partial charge is 0.388 e. The van der Waals surface area contributed by atoms with Crippen LogP contribution < -0.4 is 0 Å². The molecule has 2 rings (SSSR count). The highest BCUT2D eigenvalue weighted by molar-refractivity contribution is 5.27. The normalized spacial score (nSPS) is 13.5. The fraction of sp³-hybridized carbons (Fsp3) is 0.308. The van der Waals surface area contributed by atoms with E-state index >= 15 is 0 Å². The van der Waals surface area contributed by atoms with Crippen molar-refractivity contribution in [3.05, 3.63) is 53.6 Å². The van der Waals surface area contributed by atoms with E-state index in [0.29, 0.717) is 5.82 Å². The number of aryl methyl sites for hydroxylation is 1. The van der Waals surface area contributed by atoms with Gasteiger partial charge in [-0.25, -0.2) is 4.98 Å². The summed E-state index contributed by atoms with van der Waals surface area (Å²) in [5.41, 5.74) is -0.526. The number of halogens is 3. The Labute approximate surface area is 108 Å². The summed E-state index contributed by atoms with van der Waals surface area (Å²) >= 11 is 0. The molecule has 1 N–H and O–H groups in total. The second kappa shape index (κ2) is 5.05. The Bertz CT molecular complexity index is 563. The Hall–Kier alpha value is -1.82. The van der Waals surface area contributed by atoms with Gasteiger partial charge in [-0.2, -0.15) is 13.2 Å². The Morgan fingerprint density at radius 3 is 2.68 bits per heavy atom. The largest absolute Gasteiger partial charge is 0.416 e. The maximum absolute atomic E-state index is 12.6. The van der Waals surface area contributed by atoms with Crippen molar-refractivity contribution < 1.29 is 18.3 Å². The van der Waals surface area contributed by atoms with Crippen LogP contribution in [0, 0.1) is 0 Å². The topological polar surface area (TPSA) is 38.0 Å². The number of imidazole rings is 1. The van der Waals surface area contributed by atoms with Crippen LogP contribution in [0.5, 0.6) is 0 Å². The molecule has 1 aromatic heterocycles. The number of aliphatic hydroxyl groups excluding tert-OH is 1. The van der Waals surface area contributed by atoms with Gasteiger partial charge in [0.05, 0.1) is 11.7 Å². The van der Waals surface area contributed by atoms with E-state index in [1.807, 2.05) is 0 Å². The molecule has 0 radical (unpaired) electrons. The maximum Gasteiger partial charge on any atom is 0.416 e. The minimum atomic E-state index is -4.40. The first kappa shape index (κ1) is 13.6. The van der Waals surface area contributed by atoms with Crippen molar-refractivity contribution in [3.8, 4) is 0 Å². The Kier molecular flexibility index (Phi) is 3.61. The van der Waals surface area contributed by atoms with Crippen molar-refractivity contribution >= 4 is 0 Å². The van der Waals surface area contributed by atoms with Gasteiger partial charge in [-0.3, -0.25) is 0 Å². The van der Waals surface area contributed by atoms with Crippen LogP contribution in [0.4, 0.5) is 13.2 Å². The summed E-state index contributed by atoms with van der Waals surface area (Å²) in [6, 6.07) is 4.72. The molecule has 0 aliphatic heterocycles. The zero-order chi connectivity index (χ0) is 14.0.